The topological polar surface area (TPSA) is 30.2 Å². The molecule has 0 aliphatic heterocycles. The van der Waals surface area contributed by atoms with Gasteiger partial charge in [-0.05, 0) is 39.7 Å². The monoisotopic (exact) mass is 203 g/mol. The molecule has 0 saturated carbocycles. The van der Waals surface area contributed by atoms with Gasteiger partial charge in [-0.25, -0.2) is 9.50 Å². The summed E-state index contributed by atoms with van der Waals surface area (Å²) in [7, 11) is 0. The van der Waals surface area contributed by atoms with Crippen LogP contribution in [0.1, 0.15) is 35.1 Å². The van der Waals surface area contributed by atoms with E-state index in [1.165, 1.54) is 16.8 Å². The van der Waals surface area contributed by atoms with Crippen molar-refractivity contribution < 1.29 is 0 Å². The largest absolute Gasteiger partial charge is 0.233 e. The third-order valence-electron chi connectivity index (χ3n) is 3.20. The van der Waals surface area contributed by atoms with Crippen LogP contribution >= 0.6 is 0 Å². The summed E-state index contributed by atoms with van der Waals surface area (Å²) >= 11 is 0. The average molecular weight is 203 g/mol. The van der Waals surface area contributed by atoms with Crippen LogP contribution in [0.2, 0.25) is 0 Å². The van der Waals surface area contributed by atoms with Crippen molar-refractivity contribution >= 4 is 5.65 Å². The highest BCUT2D eigenvalue weighted by molar-refractivity contribution is 5.52. The van der Waals surface area contributed by atoms with E-state index in [-0.39, 0.29) is 0 Å². The van der Waals surface area contributed by atoms with Gasteiger partial charge in [0.1, 0.15) is 0 Å². The molecule has 15 heavy (non-hydrogen) atoms. The highest BCUT2D eigenvalue weighted by atomic mass is 15.3. The van der Waals surface area contributed by atoms with E-state index in [9.17, 15) is 0 Å². The first kappa shape index (κ1) is 10.1. The highest BCUT2D eigenvalue weighted by Crippen LogP contribution is 2.18. The molecule has 0 radical (unpaired) electrons. The van der Waals surface area contributed by atoms with Crippen molar-refractivity contribution in [1.82, 2.24) is 14.6 Å². The first-order valence-electron chi connectivity index (χ1n) is 5.38. The van der Waals surface area contributed by atoms with Gasteiger partial charge in [0.25, 0.3) is 0 Å². The Morgan fingerprint density at radius 1 is 1.07 bits per heavy atom. The molecular formula is C12H17N3. The Balaban J connectivity index is 2.89. The molecule has 0 fully saturated rings. The Morgan fingerprint density at radius 3 is 2.33 bits per heavy atom. The molecule has 0 N–H and O–H groups in total. The van der Waals surface area contributed by atoms with Gasteiger partial charge >= 0.3 is 0 Å². The maximum Gasteiger partial charge on any atom is 0.158 e. The molecule has 3 heteroatoms. The second kappa shape index (κ2) is 3.33. The van der Waals surface area contributed by atoms with Gasteiger partial charge in [0.15, 0.2) is 5.65 Å². The van der Waals surface area contributed by atoms with Crippen molar-refractivity contribution in [3.63, 3.8) is 0 Å². The van der Waals surface area contributed by atoms with Crippen LogP contribution in [0, 0.1) is 27.7 Å². The molecule has 0 spiro atoms. The molecular weight excluding hydrogens is 186 g/mol. The van der Waals surface area contributed by atoms with E-state index in [2.05, 4.69) is 44.7 Å². The van der Waals surface area contributed by atoms with Crippen LogP contribution in [0.3, 0.4) is 0 Å². The number of hydrogen-bond acceptors (Lipinski definition) is 2. The zero-order valence-corrected chi connectivity index (χ0v) is 10.0. The Kier molecular flexibility index (Phi) is 2.25. The van der Waals surface area contributed by atoms with Gasteiger partial charge in [0, 0.05) is 17.0 Å². The van der Waals surface area contributed by atoms with E-state index in [1.807, 2.05) is 4.52 Å². The van der Waals surface area contributed by atoms with Gasteiger partial charge in [-0.1, -0.05) is 6.92 Å². The second-order valence-electron chi connectivity index (χ2n) is 4.07. The summed E-state index contributed by atoms with van der Waals surface area (Å²) in [5.41, 5.74) is 6.89. The summed E-state index contributed by atoms with van der Waals surface area (Å²) in [6.07, 6.45) is 0.965. The number of aromatic nitrogens is 3. The Bertz CT molecular complexity index is 523. The number of hydrogen-bond donors (Lipinski definition) is 0. The van der Waals surface area contributed by atoms with E-state index >= 15 is 0 Å². The molecule has 0 aliphatic carbocycles. The van der Waals surface area contributed by atoms with Crippen molar-refractivity contribution in [3.8, 4) is 0 Å². The summed E-state index contributed by atoms with van der Waals surface area (Å²) in [5.74, 6) is 0. The van der Waals surface area contributed by atoms with Crippen molar-refractivity contribution in [2.75, 3.05) is 0 Å². The number of fused-ring (bicyclic) bond motifs is 1. The molecule has 0 aromatic carbocycles. The first-order valence-corrected chi connectivity index (χ1v) is 5.38. The zero-order chi connectivity index (χ0) is 11.2. The molecule has 3 nitrogen and oxygen atoms in total. The van der Waals surface area contributed by atoms with Crippen LogP contribution in [0.25, 0.3) is 5.65 Å². The van der Waals surface area contributed by atoms with Gasteiger partial charge < -0.3 is 0 Å². The van der Waals surface area contributed by atoms with Crippen LogP contribution < -0.4 is 0 Å². The standard InChI is InChI=1S/C12H17N3/c1-6-11-8(3)12-13-9(4)7(2)10(5)15(12)14-11/h6H2,1-5H3. The molecule has 0 atom stereocenters. The molecule has 2 heterocycles. The van der Waals surface area contributed by atoms with Gasteiger partial charge in [-0.3, -0.25) is 0 Å². The second-order valence-corrected chi connectivity index (χ2v) is 4.07. The molecule has 0 amide bonds. The molecule has 0 saturated heterocycles. The minimum Gasteiger partial charge on any atom is -0.233 e. The maximum absolute atomic E-state index is 4.60. The summed E-state index contributed by atoms with van der Waals surface area (Å²) in [5, 5.41) is 4.59. The van der Waals surface area contributed by atoms with Crippen molar-refractivity contribution in [3.05, 3.63) is 28.2 Å². The van der Waals surface area contributed by atoms with E-state index < -0.39 is 0 Å². The third-order valence-corrected chi connectivity index (χ3v) is 3.20. The zero-order valence-electron chi connectivity index (χ0n) is 10.0. The van der Waals surface area contributed by atoms with Crippen LogP contribution in [0.4, 0.5) is 0 Å². The summed E-state index contributed by atoms with van der Waals surface area (Å²) in [4.78, 5) is 4.60. The van der Waals surface area contributed by atoms with E-state index in [4.69, 9.17) is 0 Å². The smallest absolute Gasteiger partial charge is 0.158 e. The Labute approximate surface area is 90.1 Å². The lowest BCUT2D eigenvalue weighted by atomic mass is 10.2. The van der Waals surface area contributed by atoms with Crippen LogP contribution in [0.5, 0.6) is 0 Å². The van der Waals surface area contributed by atoms with Crippen LogP contribution in [0.15, 0.2) is 0 Å². The fraction of sp³-hybridized carbons (Fsp3) is 0.500. The van der Waals surface area contributed by atoms with Gasteiger partial charge in [0.05, 0.1) is 5.69 Å². The molecule has 0 aliphatic rings. The summed E-state index contributed by atoms with van der Waals surface area (Å²) in [6, 6.07) is 0. The summed E-state index contributed by atoms with van der Waals surface area (Å²) in [6.45, 7) is 10.5. The molecule has 2 aromatic rings. The molecule has 0 unspecified atom stereocenters. The fourth-order valence-corrected chi connectivity index (χ4v) is 1.90. The predicted molar refractivity (Wildman–Crippen MR) is 61.3 cm³/mol. The van der Waals surface area contributed by atoms with Crippen molar-refractivity contribution in [2.24, 2.45) is 0 Å². The van der Waals surface area contributed by atoms with Crippen molar-refractivity contribution in [2.45, 2.75) is 41.0 Å². The number of rotatable bonds is 1. The SMILES string of the molecule is CCc1nn2c(C)c(C)c(C)nc2c1C. The van der Waals surface area contributed by atoms with Gasteiger partial charge in [-0.15, -0.1) is 0 Å². The van der Waals surface area contributed by atoms with E-state index in [1.54, 1.807) is 0 Å². The van der Waals surface area contributed by atoms with Gasteiger partial charge in [-0.2, -0.15) is 5.10 Å². The Morgan fingerprint density at radius 2 is 1.73 bits per heavy atom. The molecule has 0 bridgehead atoms. The minimum atomic E-state index is 0.965. The van der Waals surface area contributed by atoms with E-state index in [0.717, 1.165) is 23.5 Å². The van der Waals surface area contributed by atoms with Crippen LogP contribution in [-0.4, -0.2) is 14.6 Å². The molecule has 80 valence electrons. The Hall–Kier alpha value is -1.38. The third kappa shape index (κ3) is 1.34. The first-order chi connectivity index (χ1) is 7.06. The number of aryl methyl sites for hydroxylation is 4. The number of nitrogens with zero attached hydrogens (tertiary/aromatic N) is 3. The average Bonchev–Trinajstić information content (AvgIpc) is 2.53. The fourth-order valence-electron chi connectivity index (χ4n) is 1.90. The highest BCUT2D eigenvalue weighted by Gasteiger charge is 2.12. The van der Waals surface area contributed by atoms with E-state index in [0.29, 0.717) is 0 Å². The lowest BCUT2D eigenvalue weighted by Gasteiger charge is -2.06. The molecule has 2 rings (SSSR count). The summed E-state index contributed by atoms with van der Waals surface area (Å²) < 4.78 is 1.97. The van der Waals surface area contributed by atoms with Crippen molar-refractivity contribution in [1.29, 1.82) is 0 Å². The molecule has 2 aromatic heterocycles. The lowest BCUT2D eigenvalue weighted by Crippen LogP contribution is -2.02. The predicted octanol–water partition coefficient (Wildman–Crippen LogP) is 2.53. The lowest BCUT2D eigenvalue weighted by molar-refractivity contribution is 0.838. The normalized spacial score (nSPS) is 11.3. The quantitative estimate of drug-likeness (QED) is 0.713. The van der Waals surface area contributed by atoms with Gasteiger partial charge in [0.2, 0.25) is 0 Å². The maximum atomic E-state index is 4.60. The minimum absolute atomic E-state index is 0.965. The van der Waals surface area contributed by atoms with Crippen LogP contribution in [-0.2, 0) is 6.42 Å².